The van der Waals surface area contributed by atoms with Crippen LogP contribution in [0.1, 0.15) is 39.2 Å². The molecule has 4 heteroatoms. The highest BCUT2D eigenvalue weighted by molar-refractivity contribution is 5.58. The lowest BCUT2D eigenvalue weighted by Gasteiger charge is -2.20. The van der Waals surface area contributed by atoms with E-state index in [0.29, 0.717) is 18.2 Å². The van der Waals surface area contributed by atoms with Crippen LogP contribution in [0.25, 0.3) is 0 Å². The van der Waals surface area contributed by atoms with Crippen molar-refractivity contribution in [2.75, 3.05) is 30.7 Å². The summed E-state index contributed by atoms with van der Waals surface area (Å²) >= 11 is 0. The topological polar surface area (TPSA) is 65.1 Å². The van der Waals surface area contributed by atoms with Crippen LogP contribution >= 0.6 is 0 Å². The van der Waals surface area contributed by atoms with Gasteiger partial charge in [0, 0.05) is 17.4 Å². The summed E-state index contributed by atoms with van der Waals surface area (Å²) in [6, 6.07) is 8.41. The van der Waals surface area contributed by atoms with Gasteiger partial charge in [0.05, 0.1) is 12.5 Å². The van der Waals surface area contributed by atoms with E-state index in [1.807, 2.05) is 18.2 Å². The van der Waals surface area contributed by atoms with E-state index in [-0.39, 0.29) is 0 Å². The van der Waals surface area contributed by atoms with Crippen LogP contribution in [0.2, 0.25) is 0 Å². The maximum Gasteiger partial charge on any atom is 0.0670 e. The highest BCUT2D eigenvalue weighted by Crippen LogP contribution is 2.19. The van der Waals surface area contributed by atoms with E-state index >= 15 is 0 Å². The lowest BCUT2D eigenvalue weighted by atomic mass is 10.1. The summed E-state index contributed by atoms with van der Waals surface area (Å²) in [6.45, 7) is 10.00. The van der Waals surface area contributed by atoms with E-state index in [9.17, 15) is 0 Å². The molecule has 0 aliphatic rings. The number of hydrogen-bond donors (Lipinski definition) is 2. The molecule has 0 spiro atoms. The van der Waals surface area contributed by atoms with Gasteiger partial charge in [0.15, 0.2) is 0 Å². The molecule has 0 aliphatic carbocycles. The molecule has 0 aliphatic heterocycles. The second-order valence-corrected chi connectivity index (χ2v) is 5.46. The second-order valence-electron chi connectivity index (χ2n) is 5.46. The summed E-state index contributed by atoms with van der Waals surface area (Å²) in [7, 11) is 0. The smallest absolute Gasteiger partial charge is 0.0670 e. The van der Waals surface area contributed by atoms with Crippen LogP contribution < -0.4 is 11.1 Å². The van der Waals surface area contributed by atoms with Gasteiger partial charge >= 0.3 is 0 Å². The molecular formula is C17H28N4. The van der Waals surface area contributed by atoms with E-state index in [4.69, 9.17) is 11.0 Å². The molecule has 1 aromatic carbocycles. The number of hydrogen-bond acceptors (Lipinski definition) is 4. The Bertz CT molecular complexity index is 460. The first kappa shape index (κ1) is 17.3. The van der Waals surface area contributed by atoms with E-state index in [0.717, 1.165) is 37.3 Å². The molecule has 1 rings (SSSR count). The molecule has 0 amide bonds. The Labute approximate surface area is 128 Å². The molecular weight excluding hydrogens is 260 g/mol. The van der Waals surface area contributed by atoms with Crippen molar-refractivity contribution in [1.29, 1.82) is 5.26 Å². The third-order valence-electron chi connectivity index (χ3n) is 3.83. The Morgan fingerprint density at radius 3 is 2.67 bits per heavy atom. The van der Waals surface area contributed by atoms with Gasteiger partial charge in [-0.3, -0.25) is 0 Å². The monoisotopic (exact) mass is 288 g/mol. The van der Waals surface area contributed by atoms with E-state index in [1.54, 1.807) is 0 Å². The first-order valence-corrected chi connectivity index (χ1v) is 7.84. The summed E-state index contributed by atoms with van der Waals surface area (Å²) in [5.74, 6) is 0. The summed E-state index contributed by atoms with van der Waals surface area (Å²) in [5.41, 5.74) is 8.50. The van der Waals surface area contributed by atoms with Gasteiger partial charge in [-0.1, -0.05) is 13.8 Å². The molecule has 0 radical (unpaired) electrons. The summed E-state index contributed by atoms with van der Waals surface area (Å²) < 4.78 is 0. The zero-order valence-corrected chi connectivity index (χ0v) is 13.5. The number of nitrogen functional groups attached to an aromatic ring is 1. The molecule has 1 aromatic rings. The standard InChI is InChI=1S/C17H28N4/c1-4-21(5-2)12-6-7-14(3)20-16-8-9-17(19)15(13-16)10-11-18/h8-9,13-14,20H,4-7,10,12,19H2,1-3H3. The predicted octanol–water partition coefficient (Wildman–Crippen LogP) is 3.26. The number of benzene rings is 1. The molecule has 3 N–H and O–H groups in total. The number of nitrogens with zero attached hydrogens (tertiary/aromatic N) is 2. The SMILES string of the molecule is CCN(CC)CCCC(C)Nc1ccc(N)c(CC#N)c1. The quantitative estimate of drug-likeness (QED) is 0.685. The minimum atomic E-state index is 0.359. The molecule has 0 aromatic heterocycles. The zero-order valence-electron chi connectivity index (χ0n) is 13.5. The third kappa shape index (κ3) is 6.05. The Kier molecular flexibility index (Phi) is 7.63. The molecule has 1 unspecified atom stereocenters. The number of nitrogens with one attached hydrogen (secondary N) is 1. The van der Waals surface area contributed by atoms with Crippen LogP contribution in [0.4, 0.5) is 11.4 Å². The Balaban J connectivity index is 2.46. The molecule has 0 fully saturated rings. The second kappa shape index (κ2) is 9.25. The fourth-order valence-electron chi connectivity index (χ4n) is 2.45. The maximum atomic E-state index is 8.80. The van der Waals surface area contributed by atoms with E-state index in [1.165, 1.54) is 6.42 Å². The van der Waals surface area contributed by atoms with Crippen molar-refractivity contribution in [3.8, 4) is 6.07 Å². The van der Waals surface area contributed by atoms with Crippen LogP contribution in [-0.4, -0.2) is 30.6 Å². The minimum absolute atomic E-state index is 0.359. The van der Waals surface area contributed by atoms with E-state index in [2.05, 4.69) is 37.1 Å². The van der Waals surface area contributed by atoms with Crippen molar-refractivity contribution in [2.24, 2.45) is 0 Å². The lowest BCUT2D eigenvalue weighted by Crippen LogP contribution is -2.25. The van der Waals surface area contributed by atoms with Crippen molar-refractivity contribution in [2.45, 2.75) is 46.1 Å². The predicted molar refractivity (Wildman–Crippen MR) is 90.3 cm³/mol. The summed E-state index contributed by atoms with van der Waals surface area (Å²) in [5, 5.41) is 12.3. The van der Waals surface area contributed by atoms with Gasteiger partial charge in [-0.2, -0.15) is 5.26 Å². The molecule has 21 heavy (non-hydrogen) atoms. The number of nitriles is 1. The average molecular weight is 288 g/mol. The van der Waals surface area contributed by atoms with Crippen molar-refractivity contribution >= 4 is 11.4 Å². The largest absolute Gasteiger partial charge is 0.398 e. The Morgan fingerprint density at radius 2 is 2.05 bits per heavy atom. The summed E-state index contributed by atoms with van der Waals surface area (Å²) in [4.78, 5) is 2.45. The average Bonchev–Trinajstić information content (AvgIpc) is 2.47. The molecule has 0 bridgehead atoms. The van der Waals surface area contributed by atoms with E-state index < -0.39 is 0 Å². The molecule has 4 nitrogen and oxygen atoms in total. The van der Waals surface area contributed by atoms with Crippen molar-refractivity contribution in [1.82, 2.24) is 4.90 Å². The highest BCUT2D eigenvalue weighted by Gasteiger charge is 2.06. The number of rotatable bonds is 9. The van der Waals surface area contributed by atoms with Gasteiger partial charge < -0.3 is 16.0 Å². The first-order chi connectivity index (χ1) is 10.1. The van der Waals surface area contributed by atoms with Crippen LogP contribution in [0, 0.1) is 11.3 Å². The van der Waals surface area contributed by atoms with Crippen LogP contribution in [0.15, 0.2) is 18.2 Å². The van der Waals surface area contributed by atoms with Crippen molar-refractivity contribution in [3.05, 3.63) is 23.8 Å². The van der Waals surface area contributed by atoms with Crippen molar-refractivity contribution < 1.29 is 0 Å². The van der Waals surface area contributed by atoms with Crippen LogP contribution in [0.5, 0.6) is 0 Å². The number of nitrogens with two attached hydrogens (primary N) is 1. The maximum absolute atomic E-state index is 8.80. The Morgan fingerprint density at radius 1 is 1.33 bits per heavy atom. The minimum Gasteiger partial charge on any atom is -0.398 e. The molecule has 1 atom stereocenters. The van der Waals surface area contributed by atoms with Gasteiger partial charge in [-0.25, -0.2) is 0 Å². The molecule has 116 valence electrons. The first-order valence-electron chi connectivity index (χ1n) is 7.84. The fraction of sp³-hybridized carbons (Fsp3) is 0.588. The van der Waals surface area contributed by atoms with Crippen LogP contribution in [0.3, 0.4) is 0 Å². The zero-order chi connectivity index (χ0) is 15.7. The summed E-state index contributed by atoms with van der Waals surface area (Å²) in [6.07, 6.45) is 2.68. The van der Waals surface area contributed by atoms with Gasteiger partial charge in [0.1, 0.15) is 0 Å². The molecule has 0 saturated heterocycles. The normalized spacial score (nSPS) is 12.1. The van der Waals surface area contributed by atoms with Gasteiger partial charge in [-0.15, -0.1) is 0 Å². The van der Waals surface area contributed by atoms with Gasteiger partial charge in [-0.05, 0) is 63.2 Å². The van der Waals surface area contributed by atoms with Gasteiger partial charge in [0.25, 0.3) is 0 Å². The fourth-order valence-corrected chi connectivity index (χ4v) is 2.45. The lowest BCUT2D eigenvalue weighted by molar-refractivity contribution is 0.295. The number of anilines is 2. The third-order valence-corrected chi connectivity index (χ3v) is 3.83. The Hall–Kier alpha value is -1.73. The molecule has 0 heterocycles. The van der Waals surface area contributed by atoms with Crippen molar-refractivity contribution in [3.63, 3.8) is 0 Å². The van der Waals surface area contributed by atoms with Gasteiger partial charge in [0.2, 0.25) is 0 Å². The van der Waals surface area contributed by atoms with Crippen LogP contribution in [-0.2, 0) is 6.42 Å². The highest BCUT2D eigenvalue weighted by atomic mass is 15.1. The molecule has 0 saturated carbocycles.